The summed E-state index contributed by atoms with van der Waals surface area (Å²) in [5.74, 6) is 1.21. The van der Waals surface area contributed by atoms with E-state index in [0.717, 1.165) is 43.5 Å². The SMILES string of the molecule is O=S(=O)(Nc1cccn2nc(C3CC3)nc12)c1ccc2c(c1)CCC2. The number of benzene rings is 1. The lowest BCUT2D eigenvalue weighted by Crippen LogP contribution is -2.14. The Hall–Kier alpha value is -2.41. The van der Waals surface area contributed by atoms with Crippen LogP contribution in [0.4, 0.5) is 5.69 Å². The minimum absolute atomic E-state index is 0.303. The summed E-state index contributed by atoms with van der Waals surface area (Å²) >= 11 is 0. The number of aromatic nitrogens is 3. The maximum Gasteiger partial charge on any atom is 0.262 e. The maximum absolute atomic E-state index is 12.8. The molecule has 2 aliphatic carbocycles. The van der Waals surface area contributed by atoms with Crippen molar-refractivity contribution in [3.8, 4) is 0 Å². The third kappa shape index (κ3) is 2.59. The minimum atomic E-state index is -3.65. The Balaban J connectivity index is 1.52. The second kappa shape index (κ2) is 5.29. The van der Waals surface area contributed by atoms with Gasteiger partial charge in [0, 0.05) is 12.1 Å². The van der Waals surface area contributed by atoms with Crippen molar-refractivity contribution in [2.75, 3.05) is 4.72 Å². The molecular weight excluding hydrogens is 336 g/mol. The van der Waals surface area contributed by atoms with Crippen LogP contribution in [0, 0.1) is 0 Å². The Morgan fingerprint density at radius 3 is 2.80 bits per heavy atom. The standard InChI is InChI=1S/C18H18N4O2S/c23-25(24,15-9-8-12-3-1-4-14(12)11-15)21-16-5-2-10-22-18(16)19-17(20-22)13-6-7-13/h2,5,8-11,13,21H,1,3-4,6-7H2. The van der Waals surface area contributed by atoms with E-state index >= 15 is 0 Å². The van der Waals surface area contributed by atoms with Crippen LogP contribution in [0.1, 0.15) is 42.1 Å². The van der Waals surface area contributed by atoms with Crippen LogP contribution in [0.5, 0.6) is 0 Å². The maximum atomic E-state index is 12.8. The Kier molecular flexibility index (Phi) is 3.15. The highest BCUT2D eigenvalue weighted by Crippen LogP contribution is 2.38. The van der Waals surface area contributed by atoms with Gasteiger partial charge < -0.3 is 0 Å². The molecule has 0 bridgehead atoms. The molecule has 128 valence electrons. The third-order valence-electron chi connectivity index (χ3n) is 4.95. The minimum Gasteiger partial charge on any atom is -0.276 e. The molecule has 0 atom stereocenters. The van der Waals surface area contributed by atoms with Crippen molar-refractivity contribution in [3.05, 3.63) is 53.5 Å². The summed E-state index contributed by atoms with van der Waals surface area (Å²) in [5, 5.41) is 4.46. The van der Waals surface area contributed by atoms with Crippen LogP contribution in [-0.2, 0) is 22.9 Å². The lowest BCUT2D eigenvalue weighted by atomic mass is 10.1. The summed E-state index contributed by atoms with van der Waals surface area (Å²) in [5.41, 5.74) is 3.41. The molecule has 0 saturated heterocycles. The van der Waals surface area contributed by atoms with Crippen LogP contribution < -0.4 is 4.72 Å². The van der Waals surface area contributed by atoms with E-state index in [9.17, 15) is 8.42 Å². The van der Waals surface area contributed by atoms with E-state index in [4.69, 9.17) is 0 Å². The molecule has 6 nitrogen and oxygen atoms in total. The van der Waals surface area contributed by atoms with Gasteiger partial charge >= 0.3 is 0 Å². The van der Waals surface area contributed by atoms with Crippen molar-refractivity contribution in [1.29, 1.82) is 0 Å². The summed E-state index contributed by atoms with van der Waals surface area (Å²) < 4.78 is 30.0. The molecule has 1 saturated carbocycles. The zero-order valence-electron chi connectivity index (χ0n) is 13.6. The normalized spacial score (nSPS) is 17.0. The highest BCUT2D eigenvalue weighted by molar-refractivity contribution is 7.92. The quantitative estimate of drug-likeness (QED) is 0.781. The predicted molar refractivity (Wildman–Crippen MR) is 94.2 cm³/mol. The molecule has 0 amide bonds. The first-order valence-corrected chi connectivity index (χ1v) is 10.1. The molecule has 1 aromatic carbocycles. The van der Waals surface area contributed by atoms with Crippen molar-refractivity contribution in [3.63, 3.8) is 0 Å². The van der Waals surface area contributed by atoms with Gasteiger partial charge in [-0.05, 0) is 67.5 Å². The van der Waals surface area contributed by atoms with Crippen molar-refractivity contribution >= 4 is 21.4 Å². The van der Waals surface area contributed by atoms with E-state index in [-0.39, 0.29) is 0 Å². The molecule has 0 aliphatic heterocycles. The van der Waals surface area contributed by atoms with Gasteiger partial charge in [-0.3, -0.25) is 4.72 Å². The van der Waals surface area contributed by atoms with Gasteiger partial charge in [-0.15, -0.1) is 0 Å². The fraction of sp³-hybridized carbons (Fsp3) is 0.333. The number of hydrogen-bond donors (Lipinski definition) is 1. The zero-order valence-corrected chi connectivity index (χ0v) is 14.5. The number of aryl methyl sites for hydroxylation is 2. The topological polar surface area (TPSA) is 76.4 Å². The average Bonchev–Trinajstić information content (AvgIpc) is 3.17. The molecule has 2 heterocycles. The van der Waals surface area contributed by atoms with Gasteiger partial charge in [0.15, 0.2) is 11.5 Å². The van der Waals surface area contributed by atoms with Crippen LogP contribution in [0.15, 0.2) is 41.4 Å². The molecule has 2 aromatic heterocycles. The molecular formula is C18H18N4O2S. The highest BCUT2D eigenvalue weighted by Gasteiger charge is 2.28. The number of nitrogens with one attached hydrogen (secondary N) is 1. The first-order chi connectivity index (χ1) is 12.1. The van der Waals surface area contributed by atoms with E-state index < -0.39 is 10.0 Å². The third-order valence-corrected chi connectivity index (χ3v) is 6.31. The van der Waals surface area contributed by atoms with E-state index in [2.05, 4.69) is 14.8 Å². The van der Waals surface area contributed by atoms with Gasteiger partial charge in [-0.1, -0.05) is 6.07 Å². The lowest BCUT2D eigenvalue weighted by Gasteiger charge is -2.10. The zero-order chi connectivity index (χ0) is 17.0. The molecule has 1 fully saturated rings. The summed E-state index contributed by atoms with van der Waals surface area (Å²) in [6.45, 7) is 0. The van der Waals surface area contributed by atoms with E-state index in [1.54, 1.807) is 35.0 Å². The van der Waals surface area contributed by atoms with Crippen molar-refractivity contribution in [2.24, 2.45) is 0 Å². The molecule has 0 unspecified atom stereocenters. The van der Waals surface area contributed by atoms with E-state index in [0.29, 0.717) is 22.1 Å². The fourth-order valence-electron chi connectivity index (χ4n) is 3.44. The lowest BCUT2D eigenvalue weighted by molar-refractivity contribution is 0.601. The van der Waals surface area contributed by atoms with Gasteiger partial charge in [0.05, 0.1) is 10.6 Å². The van der Waals surface area contributed by atoms with Crippen molar-refractivity contribution < 1.29 is 8.42 Å². The summed E-state index contributed by atoms with van der Waals surface area (Å²) in [4.78, 5) is 4.84. The molecule has 2 aliphatic rings. The number of nitrogens with zero attached hydrogens (tertiary/aromatic N) is 3. The number of sulfonamides is 1. The average molecular weight is 354 g/mol. The number of hydrogen-bond acceptors (Lipinski definition) is 4. The van der Waals surface area contributed by atoms with Crippen LogP contribution >= 0.6 is 0 Å². The Bertz CT molecular complexity index is 1080. The van der Waals surface area contributed by atoms with Gasteiger partial charge in [0.25, 0.3) is 10.0 Å². The number of fused-ring (bicyclic) bond motifs is 2. The van der Waals surface area contributed by atoms with Gasteiger partial charge in [0.1, 0.15) is 0 Å². The van der Waals surface area contributed by atoms with Gasteiger partial charge in [0.2, 0.25) is 0 Å². The Morgan fingerprint density at radius 2 is 1.96 bits per heavy atom. The van der Waals surface area contributed by atoms with Crippen molar-refractivity contribution in [2.45, 2.75) is 42.9 Å². The molecule has 7 heteroatoms. The van der Waals surface area contributed by atoms with Crippen LogP contribution in [0.3, 0.4) is 0 Å². The highest BCUT2D eigenvalue weighted by atomic mass is 32.2. The smallest absolute Gasteiger partial charge is 0.262 e. The van der Waals surface area contributed by atoms with Crippen LogP contribution in [-0.4, -0.2) is 23.0 Å². The second-order valence-corrected chi connectivity index (χ2v) is 8.51. The number of anilines is 1. The van der Waals surface area contributed by atoms with Crippen LogP contribution in [0.2, 0.25) is 0 Å². The second-order valence-electron chi connectivity index (χ2n) is 6.82. The first kappa shape index (κ1) is 14.9. The molecule has 0 radical (unpaired) electrons. The van der Waals surface area contributed by atoms with E-state index in [1.165, 1.54) is 5.56 Å². The summed E-state index contributed by atoms with van der Waals surface area (Å²) in [7, 11) is -3.65. The van der Waals surface area contributed by atoms with Gasteiger partial charge in [-0.25, -0.2) is 17.9 Å². The summed E-state index contributed by atoms with van der Waals surface area (Å²) in [6, 6.07) is 8.92. The number of pyridine rings is 1. The first-order valence-electron chi connectivity index (χ1n) is 8.60. The molecule has 25 heavy (non-hydrogen) atoms. The van der Waals surface area contributed by atoms with Crippen LogP contribution in [0.25, 0.3) is 5.65 Å². The monoisotopic (exact) mass is 354 g/mol. The van der Waals surface area contributed by atoms with Crippen molar-refractivity contribution in [1.82, 2.24) is 14.6 Å². The Labute approximate surface area is 146 Å². The molecule has 5 rings (SSSR count). The largest absolute Gasteiger partial charge is 0.276 e. The molecule has 0 spiro atoms. The molecule has 3 aromatic rings. The molecule has 1 N–H and O–H groups in total. The van der Waals surface area contributed by atoms with E-state index in [1.807, 2.05) is 6.07 Å². The Morgan fingerprint density at radius 1 is 1.12 bits per heavy atom. The summed E-state index contributed by atoms with van der Waals surface area (Å²) in [6.07, 6.45) is 7.08. The fourth-order valence-corrected chi connectivity index (χ4v) is 4.55. The van der Waals surface area contributed by atoms with Gasteiger partial charge in [-0.2, -0.15) is 5.10 Å². The number of rotatable bonds is 4. The predicted octanol–water partition coefficient (Wildman–Crippen LogP) is 2.90.